The molecular weight excluding hydrogens is 424 g/mol. The molecule has 1 heterocycles. The van der Waals surface area contributed by atoms with E-state index in [-0.39, 0.29) is 23.8 Å². The number of nitrogens with one attached hydrogen (secondary N) is 1. The molecule has 2 aromatic rings. The van der Waals surface area contributed by atoms with E-state index in [4.69, 9.17) is 16.9 Å². The van der Waals surface area contributed by atoms with Crippen molar-refractivity contribution in [2.24, 2.45) is 0 Å². The zero-order valence-electron chi connectivity index (χ0n) is 16.4. The number of halogens is 1. The van der Waals surface area contributed by atoms with Gasteiger partial charge in [0.25, 0.3) is 0 Å². The van der Waals surface area contributed by atoms with Gasteiger partial charge in [0.1, 0.15) is 0 Å². The van der Waals surface area contributed by atoms with Crippen molar-refractivity contribution < 1.29 is 13.2 Å². The van der Waals surface area contributed by atoms with Gasteiger partial charge in [-0.15, -0.1) is 0 Å². The fourth-order valence-electron chi connectivity index (χ4n) is 3.25. The molecule has 1 N–H and O–H groups in total. The van der Waals surface area contributed by atoms with Gasteiger partial charge in [0.2, 0.25) is 15.9 Å². The van der Waals surface area contributed by atoms with Gasteiger partial charge in [0.15, 0.2) is 0 Å². The third kappa shape index (κ3) is 6.03. The van der Waals surface area contributed by atoms with Crippen LogP contribution in [0.3, 0.4) is 0 Å². The topological polar surface area (TPSA) is 93.5 Å². The van der Waals surface area contributed by atoms with Crippen LogP contribution in [-0.2, 0) is 21.4 Å². The van der Waals surface area contributed by atoms with Gasteiger partial charge in [0, 0.05) is 50.7 Å². The summed E-state index contributed by atoms with van der Waals surface area (Å²) in [5.74, 6) is -0.0631. The smallest absolute Gasteiger partial charge is 0.240 e. The van der Waals surface area contributed by atoms with Crippen LogP contribution in [0.4, 0.5) is 0 Å². The maximum absolute atomic E-state index is 12.4. The van der Waals surface area contributed by atoms with Crippen molar-refractivity contribution in [1.29, 1.82) is 5.26 Å². The van der Waals surface area contributed by atoms with Gasteiger partial charge in [0.05, 0.1) is 16.5 Å². The lowest BCUT2D eigenvalue weighted by Gasteiger charge is -2.34. The van der Waals surface area contributed by atoms with Crippen molar-refractivity contribution in [2.45, 2.75) is 17.9 Å². The first-order chi connectivity index (χ1) is 14.4. The summed E-state index contributed by atoms with van der Waals surface area (Å²) in [6, 6.07) is 15.5. The number of benzene rings is 2. The minimum Gasteiger partial charge on any atom is -0.340 e. The molecule has 7 nitrogen and oxygen atoms in total. The van der Waals surface area contributed by atoms with E-state index in [0.717, 1.165) is 25.2 Å². The maximum Gasteiger partial charge on any atom is 0.240 e. The highest BCUT2D eigenvalue weighted by atomic mass is 35.5. The Bertz CT molecular complexity index is 1010. The quantitative estimate of drug-likeness (QED) is 0.703. The highest BCUT2D eigenvalue weighted by molar-refractivity contribution is 7.89. The second kappa shape index (κ2) is 10.0. The summed E-state index contributed by atoms with van der Waals surface area (Å²) in [5.41, 5.74) is 1.77. The number of nitriles is 1. The zero-order valence-corrected chi connectivity index (χ0v) is 18.0. The largest absolute Gasteiger partial charge is 0.340 e. The number of piperazine rings is 1. The SMILES string of the molecule is N#Cc1ccc(CN2CCN(C(=O)CCNS(=O)(=O)c3ccc(Cl)cc3)CC2)cc1. The number of rotatable bonds is 7. The number of carbonyl (C=O) groups excluding carboxylic acids is 1. The molecule has 0 spiro atoms. The second-order valence-corrected chi connectivity index (χ2v) is 9.27. The van der Waals surface area contributed by atoms with Crippen molar-refractivity contribution in [3.05, 3.63) is 64.7 Å². The summed E-state index contributed by atoms with van der Waals surface area (Å²) in [6.45, 7) is 3.55. The van der Waals surface area contributed by atoms with E-state index >= 15 is 0 Å². The third-order valence-electron chi connectivity index (χ3n) is 4.97. The van der Waals surface area contributed by atoms with Crippen molar-refractivity contribution in [1.82, 2.24) is 14.5 Å². The minimum atomic E-state index is -3.66. The molecule has 158 valence electrons. The fourth-order valence-corrected chi connectivity index (χ4v) is 4.40. The highest BCUT2D eigenvalue weighted by Crippen LogP contribution is 2.14. The van der Waals surface area contributed by atoms with Crippen LogP contribution >= 0.6 is 11.6 Å². The molecule has 0 aliphatic carbocycles. The molecule has 0 saturated carbocycles. The second-order valence-electron chi connectivity index (χ2n) is 7.07. The van der Waals surface area contributed by atoms with E-state index in [1.165, 1.54) is 24.3 Å². The molecule has 3 rings (SSSR count). The predicted molar refractivity (Wildman–Crippen MR) is 114 cm³/mol. The van der Waals surface area contributed by atoms with Crippen LogP contribution in [0.15, 0.2) is 53.4 Å². The average molecular weight is 447 g/mol. The molecule has 2 aromatic carbocycles. The summed E-state index contributed by atoms with van der Waals surface area (Å²) in [7, 11) is -3.66. The van der Waals surface area contributed by atoms with Gasteiger partial charge in [-0.25, -0.2) is 13.1 Å². The summed E-state index contributed by atoms with van der Waals surface area (Å²) in [4.78, 5) is 16.6. The van der Waals surface area contributed by atoms with Crippen molar-refractivity contribution >= 4 is 27.5 Å². The van der Waals surface area contributed by atoms with Gasteiger partial charge < -0.3 is 4.90 Å². The normalized spacial score (nSPS) is 15.0. The van der Waals surface area contributed by atoms with Crippen LogP contribution in [0.1, 0.15) is 17.5 Å². The molecule has 1 amide bonds. The van der Waals surface area contributed by atoms with Crippen LogP contribution in [0.2, 0.25) is 5.02 Å². The summed E-state index contributed by atoms with van der Waals surface area (Å²) in [5, 5.41) is 9.33. The first-order valence-electron chi connectivity index (χ1n) is 9.62. The van der Waals surface area contributed by atoms with Crippen LogP contribution in [-0.4, -0.2) is 56.8 Å². The zero-order chi connectivity index (χ0) is 21.6. The molecule has 30 heavy (non-hydrogen) atoms. The lowest BCUT2D eigenvalue weighted by Crippen LogP contribution is -2.48. The number of sulfonamides is 1. The lowest BCUT2D eigenvalue weighted by molar-refractivity contribution is -0.132. The van der Waals surface area contributed by atoms with Crippen molar-refractivity contribution in [2.75, 3.05) is 32.7 Å². The Morgan fingerprint density at radius 1 is 1.03 bits per heavy atom. The van der Waals surface area contributed by atoms with Crippen LogP contribution in [0.5, 0.6) is 0 Å². The van der Waals surface area contributed by atoms with Gasteiger partial charge >= 0.3 is 0 Å². The lowest BCUT2D eigenvalue weighted by atomic mass is 10.1. The molecule has 1 aliphatic heterocycles. The van der Waals surface area contributed by atoms with Crippen LogP contribution in [0, 0.1) is 11.3 Å². The Hall–Kier alpha value is -2.44. The summed E-state index contributed by atoms with van der Waals surface area (Å²) < 4.78 is 27.0. The Balaban J connectivity index is 1.41. The van der Waals surface area contributed by atoms with Crippen LogP contribution in [0.25, 0.3) is 0 Å². The summed E-state index contributed by atoms with van der Waals surface area (Å²) in [6.07, 6.45) is 0.114. The van der Waals surface area contributed by atoms with Gasteiger partial charge in [-0.3, -0.25) is 9.69 Å². The molecule has 0 radical (unpaired) electrons. The fraction of sp³-hybridized carbons (Fsp3) is 0.333. The first-order valence-corrected chi connectivity index (χ1v) is 11.5. The molecule has 0 unspecified atom stereocenters. The number of nitrogens with zero attached hydrogens (tertiary/aromatic N) is 3. The van der Waals surface area contributed by atoms with Crippen molar-refractivity contribution in [3.63, 3.8) is 0 Å². The molecule has 0 bridgehead atoms. The minimum absolute atomic E-state index is 0.0508. The van der Waals surface area contributed by atoms with Gasteiger partial charge in [-0.2, -0.15) is 5.26 Å². The molecule has 1 fully saturated rings. The predicted octanol–water partition coefficient (Wildman–Crippen LogP) is 2.22. The van der Waals surface area contributed by atoms with Gasteiger partial charge in [-0.1, -0.05) is 23.7 Å². The Morgan fingerprint density at radius 3 is 2.27 bits per heavy atom. The molecule has 1 saturated heterocycles. The monoisotopic (exact) mass is 446 g/mol. The highest BCUT2D eigenvalue weighted by Gasteiger charge is 2.21. The maximum atomic E-state index is 12.4. The van der Waals surface area contributed by atoms with Gasteiger partial charge in [-0.05, 0) is 42.0 Å². The molecule has 0 aromatic heterocycles. The van der Waals surface area contributed by atoms with E-state index in [1.54, 1.807) is 17.0 Å². The molecule has 0 atom stereocenters. The Labute approximate surface area is 181 Å². The molecule has 1 aliphatic rings. The number of amides is 1. The molecule has 9 heteroatoms. The number of hydrogen-bond donors (Lipinski definition) is 1. The summed E-state index contributed by atoms with van der Waals surface area (Å²) >= 11 is 5.78. The van der Waals surface area contributed by atoms with E-state index < -0.39 is 10.0 Å². The van der Waals surface area contributed by atoms with Crippen LogP contribution < -0.4 is 4.72 Å². The van der Waals surface area contributed by atoms with E-state index in [2.05, 4.69) is 15.7 Å². The first kappa shape index (κ1) is 22.2. The van der Waals surface area contributed by atoms with E-state index in [9.17, 15) is 13.2 Å². The standard InChI is InChI=1S/C21H23ClN4O3S/c22-19-5-7-20(8-6-19)30(28,29)24-10-9-21(27)26-13-11-25(12-14-26)16-18-3-1-17(15-23)2-4-18/h1-8,24H,9-14,16H2. The Morgan fingerprint density at radius 2 is 1.67 bits per heavy atom. The van der Waals surface area contributed by atoms with E-state index in [0.29, 0.717) is 23.7 Å². The van der Waals surface area contributed by atoms with Crippen molar-refractivity contribution in [3.8, 4) is 6.07 Å². The molecular formula is C21H23ClN4O3S. The third-order valence-corrected chi connectivity index (χ3v) is 6.70. The Kier molecular flexibility index (Phi) is 7.45. The van der Waals surface area contributed by atoms with E-state index in [1.807, 2.05) is 12.1 Å². The number of hydrogen-bond acceptors (Lipinski definition) is 5. The number of carbonyl (C=O) groups is 1. The average Bonchev–Trinajstić information content (AvgIpc) is 2.75.